The van der Waals surface area contributed by atoms with E-state index in [9.17, 15) is 0 Å². The molecule has 0 aromatic rings. The van der Waals surface area contributed by atoms with Crippen LogP contribution in [0.5, 0.6) is 0 Å². The molecule has 0 radical (unpaired) electrons. The average Bonchev–Trinajstić information content (AvgIpc) is 2.30. The first kappa shape index (κ1) is 8.25. The van der Waals surface area contributed by atoms with Crippen LogP contribution in [0.15, 0.2) is 5.16 Å². The van der Waals surface area contributed by atoms with Crippen molar-refractivity contribution in [3.63, 3.8) is 0 Å². The van der Waals surface area contributed by atoms with Gasteiger partial charge in [-0.1, -0.05) is 5.16 Å². The zero-order chi connectivity index (χ0) is 8.43. The van der Waals surface area contributed by atoms with Crippen LogP contribution in [0.25, 0.3) is 0 Å². The van der Waals surface area contributed by atoms with E-state index in [1.54, 1.807) is 0 Å². The normalized spacial score (nSPS) is 41.0. The maximum atomic E-state index is 9.03. The van der Waals surface area contributed by atoms with E-state index in [0.717, 1.165) is 0 Å². The summed E-state index contributed by atoms with van der Waals surface area (Å²) in [5.41, 5.74) is 0. The summed E-state index contributed by atoms with van der Waals surface area (Å²) in [6.07, 6.45) is -3.49. The molecule has 0 amide bonds. The molecule has 0 aromatic heterocycles. The Morgan fingerprint density at radius 2 is 2.09 bits per heavy atom. The van der Waals surface area contributed by atoms with Gasteiger partial charge in [0.2, 0.25) is 0 Å². The lowest BCUT2D eigenvalue weighted by atomic mass is 10.1. The summed E-state index contributed by atoms with van der Waals surface area (Å²) in [5.74, 6) is -0.364. The fourth-order valence-electron chi connectivity index (χ4n) is 0.872. The van der Waals surface area contributed by atoms with Gasteiger partial charge in [0.15, 0.2) is 12.2 Å². The molecule has 0 spiro atoms. The first-order valence-corrected chi connectivity index (χ1v) is 3.06. The third kappa shape index (κ3) is 1.28. The van der Waals surface area contributed by atoms with Gasteiger partial charge in [-0.25, -0.2) is 0 Å². The number of oxime groups is 1. The van der Waals surface area contributed by atoms with Crippen LogP contribution in [0.1, 0.15) is 0 Å². The molecule has 11 heavy (non-hydrogen) atoms. The Hall–Kier alpha value is -0.850. The van der Waals surface area contributed by atoms with Crippen LogP contribution >= 0.6 is 0 Å². The highest BCUT2D eigenvalue weighted by atomic mass is 16.6. The zero-order valence-electron chi connectivity index (χ0n) is 5.58. The van der Waals surface area contributed by atoms with Gasteiger partial charge in [-0.2, -0.15) is 0 Å². The van der Waals surface area contributed by atoms with E-state index < -0.39 is 24.9 Å². The Labute approximate surface area is 62.3 Å². The summed E-state index contributed by atoms with van der Waals surface area (Å²) in [6, 6.07) is 0. The minimum atomic E-state index is -1.35. The lowest BCUT2D eigenvalue weighted by Gasteiger charge is -2.08. The fraction of sp³-hybridized carbons (Fsp3) is 0.800. The number of ether oxygens (including phenoxy) is 1. The summed E-state index contributed by atoms with van der Waals surface area (Å²) in [4.78, 5) is 0. The Balaban J connectivity index is 2.68. The third-order valence-electron chi connectivity index (χ3n) is 1.51. The topological polar surface area (TPSA) is 103 Å². The van der Waals surface area contributed by atoms with Crippen molar-refractivity contribution < 1.29 is 25.3 Å². The lowest BCUT2D eigenvalue weighted by molar-refractivity contribution is -0.00141. The van der Waals surface area contributed by atoms with E-state index in [0.29, 0.717) is 0 Å². The van der Waals surface area contributed by atoms with E-state index in [1.165, 1.54) is 0 Å². The molecule has 1 aliphatic rings. The van der Waals surface area contributed by atoms with Gasteiger partial charge in [0, 0.05) is 0 Å². The Morgan fingerprint density at radius 3 is 2.36 bits per heavy atom. The van der Waals surface area contributed by atoms with Gasteiger partial charge in [0.1, 0.15) is 6.10 Å². The molecular formula is C5H9NO5. The van der Waals surface area contributed by atoms with Crippen molar-refractivity contribution in [3.05, 3.63) is 0 Å². The fourth-order valence-corrected chi connectivity index (χ4v) is 0.872. The molecular weight excluding hydrogens is 154 g/mol. The maximum absolute atomic E-state index is 9.03. The average molecular weight is 163 g/mol. The van der Waals surface area contributed by atoms with E-state index in [2.05, 4.69) is 9.89 Å². The number of aliphatic hydroxyl groups excluding tert-OH is 3. The van der Waals surface area contributed by atoms with Gasteiger partial charge in [-0.3, -0.25) is 0 Å². The first-order valence-electron chi connectivity index (χ1n) is 3.06. The first-order chi connectivity index (χ1) is 5.20. The number of aliphatic hydroxyl groups is 3. The van der Waals surface area contributed by atoms with Gasteiger partial charge in [0.25, 0.3) is 5.90 Å². The number of hydrogen-bond donors (Lipinski definition) is 4. The van der Waals surface area contributed by atoms with Crippen LogP contribution < -0.4 is 0 Å². The monoisotopic (exact) mass is 163 g/mol. The second kappa shape index (κ2) is 3.04. The van der Waals surface area contributed by atoms with Crippen LogP contribution in [0.4, 0.5) is 0 Å². The van der Waals surface area contributed by atoms with E-state index >= 15 is 0 Å². The van der Waals surface area contributed by atoms with Gasteiger partial charge < -0.3 is 25.3 Å². The Morgan fingerprint density at radius 1 is 1.45 bits per heavy atom. The Kier molecular flexibility index (Phi) is 2.28. The molecule has 64 valence electrons. The van der Waals surface area contributed by atoms with Crippen LogP contribution in [-0.4, -0.2) is 51.3 Å². The van der Waals surface area contributed by atoms with Gasteiger partial charge in [0.05, 0.1) is 6.61 Å². The van der Waals surface area contributed by atoms with Crippen molar-refractivity contribution in [2.24, 2.45) is 5.16 Å². The second-order valence-electron chi connectivity index (χ2n) is 2.21. The molecule has 1 fully saturated rings. The third-order valence-corrected chi connectivity index (χ3v) is 1.51. The number of hydrogen-bond acceptors (Lipinski definition) is 6. The maximum Gasteiger partial charge on any atom is 0.258 e. The SMILES string of the molecule is OC[C@@H]1O/C(=N/O)[C@H](O)[C@H]1O. The molecule has 0 bridgehead atoms. The molecule has 4 N–H and O–H groups in total. The van der Waals surface area contributed by atoms with E-state index in [-0.39, 0.29) is 5.90 Å². The zero-order valence-corrected chi connectivity index (χ0v) is 5.58. The van der Waals surface area contributed by atoms with Crippen molar-refractivity contribution in [2.45, 2.75) is 18.3 Å². The minimum absolute atomic E-state index is 0.364. The van der Waals surface area contributed by atoms with Crippen molar-refractivity contribution >= 4 is 5.90 Å². The summed E-state index contributed by atoms with van der Waals surface area (Å²) in [6.45, 7) is -0.433. The second-order valence-corrected chi connectivity index (χ2v) is 2.21. The van der Waals surface area contributed by atoms with Crippen molar-refractivity contribution in [1.82, 2.24) is 0 Å². The van der Waals surface area contributed by atoms with Gasteiger partial charge >= 0.3 is 0 Å². The van der Waals surface area contributed by atoms with Crippen molar-refractivity contribution in [1.29, 1.82) is 0 Å². The molecule has 3 atom stereocenters. The summed E-state index contributed by atoms with van der Waals surface area (Å²) >= 11 is 0. The molecule has 0 unspecified atom stereocenters. The summed E-state index contributed by atoms with van der Waals surface area (Å²) in [5, 5.41) is 37.3. The van der Waals surface area contributed by atoms with Gasteiger partial charge in [-0.05, 0) is 0 Å². The van der Waals surface area contributed by atoms with Crippen LogP contribution in [0, 0.1) is 0 Å². The van der Waals surface area contributed by atoms with E-state index in [4.69, 9.17) is 20.5 Å². The molecule has 6 heteroatoms. The molecule has 0 aromatic carbocycles. The molecule has 1 heterocycles. The number of nitrogens with zero attached hydrogens (tertiary/aromatic N) is 1. The summed E-state index contributed by atoms with van der Waals surface area (Å²) < 4.78 is 4.63. The molecule has 1 aliphatic heterocycles. The van der Waals surface area contributed by atoms with Crippen LogP contribution in [-0.2, 0) is 4.74 Å². The van der Waals surface area contributed by atoms with Crippen molar-refractivity contribution in [3.8, 4) is 0 Å². The molecule has 1 saturated heterocycles. The Bertz CT molecular complexity index is 170. The standard InChI is InChI=1S/C5H9NO5/c7-1-2-3(8)4(9)5(6-10)11-2/h2-4,7-10H,1H2/b6-5+/t2-,3-,4+/m0/s1. The molecule has 6 nitrogen and oxygen atoms in total. The lowest BCUT2D eigenvalue weighted by Crippen LogP contribution is -2.32. The van der Waals surface area contributed by atoms with Crippen molar-refractivity contribution in [2.75, 3.05) is 6.61 Å². The largest absolute Gasteiger partial charge is 0.468 e. The predicted molar refractivity (Wildman–Crippen MR) is 33.2 cm³/mol. The molecule has 0 aliphatic carbocycles. The van der Waals surface area contributed by atoms with Crippen LogP contribution in [0.3, 0.4) is 0 Å². The highest BCUT2D eigenvalue weighted by Gasteiger charge is 2.40. The molecule has 1 rings (SSSR count). The van der Waals surface area contributed by atoms with E-state index in [1.807, 2.05) is 0 Å². The summed E-state index contributed by atoms with van der Waals surface area (Å²) in [7, 11) is 0. The highest BCUT2D eigenvalue weighted by Crippen LogP contribution is 2.15. The highest BCUT2D eigenvalue weighted by molar-refractivity contribution is 5.83. The number of rotatable bonds is 1. The smallest absolute Gasteiger partial charge is 0.258 e. The predicted octanol–water partition coefficient (Wildman–Crippen LogP) is -2.11. The minimum Gasteiger partial charge on any atom is -0.468 e. The molecule has 0 saturated carbocycles. The van der Waals surface area contributed by atoms with Gasteiger partial charge in [-0.15, -0.1) is 0 Å². The van der Waals surface area contributed by atoms with Crippen LogP contribution in [0.2, 0.25) is 0 Å². The quantitative estimate of drug-likeness (QED) is 0.261.